The Labute approximate surface area is 91.9 Å². The molecule has 0 bridgehead atoms. The minimum absolute atomic E-state index is 0.355. The van der Waals surface area contributed by atoms with Crippen molar-refractivity contribution < 1.29 is 5.11 Å². The van der Waals surface area contributed by atoms with Crippen LogP contribution in [0.4, 0.5) is 0 Å². The zero-order chi connectivity index (χ0) is 10.3. The van der Waals surface area contributed by atoms with Gasteiger partial charge in [-0.2, -0.15) is 11.8 Å². The van der Waals surface area contributed by atoms with Gasteiger partial charge in [-0.3, -0.25) is 0 Å². The SMILES string of the molecule is CCSCCCNCC1(CCO)CC1. The van der Waals surface area contributed by atoms with Crippen LogP contribution in [0.3, 0.4) is 0 Å². The molecule has 0 heterocycles. The first-order valence-corrected chi connectivity index (χ1v) is 6.88. The van der Waals surface area contributed by atoms with E-state index in [1.54, 1.807) is 0 Å². The van der Waals surface area contributed by atoms with Crippen LogP contribution in [-0.2, 0) is 0 Å². The van der Waals surface area contributed by atoms with Crippen molar-refractivity contribution >= 4 is 11.8 Å². The lowest BCUT2D eigenvalue weighted by molar-refractivity contribution is 0.245. The third kappa shape index (κ3) is 4.67. The van der Waals surface area contributed by atoms with E-state index in [9.17, 15) is 0 Å². The predicted molar refractivity (Wildman–Crippen MR) is 63.9 cm³/mol. The molecule has 14 heavy (non-hydrogen) atoms. The van der Waals surface area contributed by atoms with Gasteiger partial charge in [0, 0.05) is 13.2 Å². The largest absolute Gasteiger partial charge is 0.396 e. The molecule has 0 aromatic heterocycles. The summed E-state index contributed by atoms with van der Waals surface area (Å²) in [5.41, 5.74) is 0.479. The van der Waals surface area contributed by atoms with Crippen LogP contribution in [0.1, 0.15) is 32.6 Å². The molecule has 1 rings (SSSR count). The van der Waals surface area contributed by atoms with Gasteiger partial charge in [-0.05, 0) is 49.1 Å². The second-order valence-electron chi connectivity index (χ2n) is 4.20. The highest BCUT2D eigenvalue weighted by atomic mass is 32.2. The molecule has 0 radical (unpaired) electrons. The van der Waals surface area contributed by atoms with Crippen LogP contribution >= 0.6 is 11.8 Å². The lowest BCUT2D eigenvalue weighted by Crippen LogP contribution is -2.26. The standard InChI is InChI=1S/C11H23NOS/c1-2-14-9-3-7-12-10-11(4-5-11)6-8-13/h12-13H,2-10H2,1H3. The molecule has 0 saturated heterocycles. The minimum Gasteiger partial charge on any atom is -0.396 e. The average Bonchev–Trinajstić information content (AvgIpc) is 2.93. The molecule has 2 nitrogen and oxygen atoms in total. The van der Waals surface area contributed by atoms with E-state index < -0.39 is 0 Å². The van der Waals surface area contributed by atoms with Gasteiger partial charge in [0.05, 0.1) is 0 Å². The van der Waals surface area contributed by atoms with Crippen LogP contribution < -0.4 is 5.32 Å². The van der Waals surface area contributed by atoms with Gasteiger partial charge < -0.3 is 10.4 Å². The summed E-state index contributed by atoms with van der Waals surface area (Å²) in [6.45, 7) is 4.82. The van der Waals surface area contributed by atoms with Crippen molar-refractivity contribution in [1.82, 2.24) is 5.32 Å². The van der Waals surface area contributed by atoms with Gasteiger partial charge in [0.15, 0.2) is 0 Å². The number of aliphatic hydroxyl groups excluding tert-OH is 1. The van der Waals surface area contributed by atoms with E-state index in [0.717, 1.165) is 19.5 Å². The molecule has 1 aliphatic rings. The Balaban J connectivity index is 1.88. The Hall–Kier alpha value is 0.270. The van der Waals surface area contributed by atoms with Crippen LogP contribution in [0.5, 0.6) is 0 Å². The molecule has 0 atom stereocenters. The molecule has 0 aliphatic heterocycles. The van der Waals surface area contributed by atoms with Gasteiger partial charge in [0.2, 0.25) is 0 Å². The average molecular weight is 217 g/mol. The molecular formula is C11H23NOS. The third-order valence-electron chi connectivity index (χ3n) is 2.95. The maximum atomic E-state index is 8.88. The van der Waals surface area contributed by atoms with Crippen LogP contribution in [0.2, 0.25) is 0 Å². The molecule has 0 aromatic carbocycles. The highest BCUT2D eigenvalue weighted by Crippen LogP contribution is 2.47. The molecule has 0 spiro atoms. The fourth-order valence-corrected chi connectivity index (χ4v) is 2.36. The third-order valence-corrected chi connectivity index (χ3v) is 3.93. The summed E-state index contributed by atoms with van der Waals surface area (Å²) < 4.78 is 0. The molecule has 1 aliphatic carbocycles. The van der Waals surface area contributed by atoms with Gasteiger partial charge in [0.1, 0.15) is 0 Å². The highest BCUT2D eigenvalue weighted by molar-refractivity contribution is 7.99. The van der Waals surface area contributed by atoms with Crippen molar-refractivity contribution in [2.75, 3.05) is 31.2 Å². The van der Waals surface area contributed by atoms with E-state index in [4.69, 9.17) is 5.11 Å². The van der Waals surface area contributed by atoms with Crippen molar-refractivity contribution in [3.8, 4) is 0 Å². The van der Waals surface area contributed by atoms with Crippen LogP contribution in [-0.4, -0.2) is 36.3 Å². The maximum Gasteiger partial charge on any atom is 0.0436 e. The van der Waals surface area contributed by atoms with Gasteiger partial charge in [-0.15, -0.1) is 0 Å². The fourth-order valence-electron chi connectivity index (χ4n) is 1.73. The van der Waals surface area contributed by atoms with Crippen LogP contribution in [0, 0.1) is 5.41 Å². The maximum absolute atomic E-state index is 8.88. The normalized spacial score (nSPS) is 18.4. The van der Waals surface area contributed by atoms with E-state index in [1.807, 2.05) is 11.8 Å². The molecule has 3 heteroatoms. The first kappa shape index (κ1) is 12.3. The van der Waals surface area contributed by atoms with Gasteiger partial charge in [-0.1, -0.05) is 6.92 Å². The lowest BCUT2D eigenvalue weighted by atomic mass is 10.0. The number of hydrogen-bond acceptors (Lipinski definition) is 3. The molecule has 0 amide bonds. The van der Waals surface area contributed by atoms with Crippen LogP contribution in [0.15, 0.2) is 0 Å². The summed E-state index contributed by atoms with van der Waals surface area (Å²) in [6, 6.07) is 0. The first-order valence-electron chi connectivity index (χ1n) is 5.72. The van der Waals surface area contributed by atoms with Crippen molar-refractivity contribution in [2.45, 2.75) is 32.6 Å². The van der Waals surface area contributed by atoms with Crippen molar-refractivity contribution in [3.05, 3.63) is 0 Å². The van der Waals surface area contributed by atoms with Crippen LogP contribution in [0.25, 0.3) is 0 Å². The molecular weight excluding hydrogens is 194 g/mol. The van der Waals surface area contributed by atoms with Crippen molar-refractivity contribution in [1.29, 1.82) is 0 Å². The smallest absolute Gasteiger partial charge is 0.0436 e. The number of thioether (sulfide) groups is 1. The Morgan fingerprint density at radius 3 is 2.79 bits per heavy atom. The Morgan fingerprint density at radius 1 is 1.43 bits per heavy atom. The summed E-state index contributed by atoms with van der Waals surface area (Å²) in [5, 5.41) is 12.4. The quantitative estimate of drug-likeness (QED) is 0.578. The number of rotatable bonds is 9. The first-order chi connectivity index (χ1) is 6.83. The number of aliphatic hydroxyl groups is 1. The molecule has 1 saturated carbocycles. The molecule has 0 aromatic rings. The molecule has 84 valence electrons. The highest BCUT2D eigenvalue weighted by Gasteiger charge is 2.40. The van der Waals surface area contributed by atoms with E-state index in [0.29, 0.717) is 12.0 Å². The van der Waals surface area contributed by atoms with E-state index in [1.165, 1.54) is 30.8 Å². The van der Waals surface area contributed by atoms with E-state index in [2.05, 4.69) is 12.2 Å². The topological polar surface area (TPSA) is 32.3 Å². The van der Waals surface area contributed by atoms with E-state index >= 15 is 0 Å². The molecule has 1 fully saturated rings. The monoisotopic (exact) mass is 217 g/mol. The minimum atomic E-state index is 0.355. The van der Waals surface area contributed by atoms with Crippen molar-refractivity contribution in [2.24, 2.45) is 5.41 Å². The summed E-state index contributed by atoms with van der Waals surface area (Å²) in [4.78, 5) is 0. The second kappa shape index (κ2) is 6.70. The Kier molecular flexibility index (Phi) is 5.90. The molecule has 0 unspecified atom stereocenters. The number of nitrogens with one attached hydrogen (secondary N) is 1. The second-order valence-corrected chi connectivity index (χ2v) is 5.59. The zero-order valence-corrected chi connectivity index (χ0v) is 10.0. The van der Waals surface area contributed by atoms with Gasteiger partial charge >= 0.3 is 0 Å². The predicted octanol–water partition coefficient (Wildman–Crippen LogP) is 1.88. The summed E-state index contributed by atoms with van der Waals surface area (Å²) in [7, 11) is 0. The summed E-state index contributed by atoms with van der Waals surface area (Å²) >= 11 is 2.01. The van der Waals surface area contributed by atoms with Gasteiger partial charge in [0.25, 0.3) is 0 Å². The number of hydrogen-bond donors (Lipinski definition) is 2. The van der Waals surface area contributed by atoms with E-state index in [-0.39, 0.29) is 0 Å². The Morgan fingerprint density at radius 2 is 2.21 bits per heavy atom. The zero-order valence-electron chi connectivity index (χ0n) is 9.22. The fraction of sp³-hybridized carbons (Fsp3) is 1.00. The van der Waals surface area contributed by atoms with Crippen molar-refractivity contribution in [3.63, 3.8) is 0 Å². The van der Waals surface area contributed by atoms with Gasteiger partial charge in [-0.25, -0.2) is 0 Å². The summed E-state index contributed by atoms with van der Waals surface area (Å²) in [5.74, 6) is 2.50. The molecule has 2 N–H and O–H groups in total. The lowest BCUT2D eigenvalue weighted by Gasteiger charge is -2.14. The Bertz CT molecular complexity index is 148. The summed E-state index contributed by atoms with van der Waals surface area (Å²) in [6.07, 6.45) is 4.88.